The maximum atomic E-state index is 11.4. The predicted octanol–water partition coefficient (Wildman–Crippen LogP) is 1.15. The Hall–Kier alpha value is -1.45. The van der Waals surface area contributed by atoms with Crippen LogP contribution in [0.15, 0.2) is 11.3 Å². The van der Waals surface area contributed by atoms with Crippen molar-refractivity contribution in [2.45, 2.75) is 33.1 Å². The first-order chi connectivity index (χ1) is 6.52. The van der Waals surface area contributed by atoms with Crippen LogP contribution in [0.5, 0.6) is 0 Å². The molecule has 1 aliphatic rings. The van der Waals surface area contributed by atoms with Gasteiger partial charge < -0.3 is 4.74 Å². The Morgan fingerprint density at radius 1 is 1.21 bits per heavy atom. The molecule has 0 saturated carbocycles. The Morgan fingerprint density at radius 3 is 2.36 bits per heavy atom. The fraction of sp³-hybridized carbons (Fsp3) is 0.500. The number of Topliss-reactive ketones (excluding diaryl/α,β-unsaturated/α-hetero) is 2. The minimum Gasteiger partial charge on any atom is -0.430 e. The molecule has 1 rings (SSSR count). The Bertz CT molecular complexity index is 325. The molecule has 0 aromatic heterocycles. The molecule has 0 N–H and O–H groups in total. The first-order valence-corrected chi connectivity index (χ1v) is 4.48. The highest BCUT2D eigenvalue weighted by molar-refractivity contribution is 6.20. The van der Waals surface area contributed by atoms with E-state index in [0.29, 0.717) is 19.3 Å². The quantitative estimate of drug-likeness (QED) is 0.491. The maximum Gasteiger partial charge on any atom is 0.307 e. The molecule has 0 saturated heterocycles. The molecule has 0 amide bonds. The Morgan fingerprint density at radius 2 is 1.86 bits per heavy atom. The van der Waals surface area contributed by atoms with E-state index in [9.17, 15) is 14.4 Å². The molecule has 4 heteroatoms. The third-order valence-corrected chi connectivity index (χ3v) is 1.98. The van der Waals surface area contributed by atoms with Gasteiger partial charge in [0.15, 0.2) is 11.6 Å². The van der Waals surface area contributed by atoms with Crippen LogP contribution in [0.2, 0.25) is 0 Å². The molecule has 0 unspecified atom stereocenters. The van der Waals surface area contributed by atoms with Crippen molar-refractivity contribution in [1.82, 2.24) is 0 Å². The zero-order valence-electron chi connectivity index (χ0n) is 8.25. The van der Waals surface area contributed by atoms with Crippen molar-refractivity contribution in [3.05, 3.63) is 11.3 Å². The lowest BCUT2D eigenvalue weighted by molar-refractivity contribution is -0.137. The normalized spacial score (nSPS) is 16.9. The molecule has 0 fully saturated rings. The van der Waals surface area contributed by atoms with Crippen LogP contribution in [0.4, 0.5) is 0 Å². The highest BCUT2D eigenvalue weighted by Gasteiger charge is 2.25. The van der Waals surface area contributed by atoms with Crippen LogP contribution in [0, 0.1) is 0 Å². The molecule has 14 heavy (non-hydrogen) atoms. The molecule has 0 bridgehead atoms. The second-order valence-corrected chi connectivity index (χ2v) is 3.22. The van der Waals surface area contributed by atoms with Gasteiger partial charge >= 0.3 is 5.97 Å². The smallest absolute Gasteiger partial charge is 0.307 e. The van der Waals surface area contributed by atoms with Gasteiger partial charge in [-0.25, -0.2) is 0 Å². The number of hydrogen-bond acceptors (Lipinski definition) is 4. The molecular weight excluding hydrogens is 184 g/mol. The second-order valence-electron chi connectivity index (χ2n) is 3.22. The van der Waals surface area contributed by atoms with E-state index in [4.69, 9.17) is 4.74 Å². The predicted molar refractivity (Wildman–Crippen MR) is 48.3 cm³/mol. The van der Waals surface area contributed by atoms with Crippen molar-refractivity contribution in [1.29, 1.82) is 0 Å². The summed E-state index contributed by atoms with van der Waals surface area (Å²) in [7, 11) is 0. The fourth-order valence-electron chi connectivity index (χ4n) is 1.48. The topological polar surface area (TPSA) is 60.4 Å². The summed E-state index contributed by atoms with van der Waals surface area (Å²) in [5, 5.41) is 0. The van der Waals surface area contributed by atoms with Crippen molar-refractivity contribution in [3.8, 4) is 0 Å². The van der Waals surface area contributed by atoms with Crippen molar-refractivity contribution in [3.63, 3.8) is 0 Å². The molecule has 0 aromatic carbocycles. The summed E-state index contributed by atoms with van der Waals surface area (Å²) in [5.74, 6) is -0.805. The summed E-state index contributed by atoms with van der Waals surface area (Å²) in [5.41, 5.74) is 0.0615. The summed E-state index contributed by atoms with van der Waals surface area (Å²) in [6, 6.07) is 0. The molecular formula is C10H12O4. The maximum absolute atomic E-state index is 11.4. The molecule has 76 valence electrons. The van der Waals surface area contributed by atoms with Crippen molar-refractivity contribution in [2.75, 3.05) is 0 Å². The van der Waals surface area contributed by atoms with Gasteiger partial charge in [0.25, 0.3) is 0 Å². The molecule has 0 radical (unpaired) electrons. The number of carbonyl (C=O) groups excluding carboxylic acids is 3. The van der Waals surface area contributed by atoms with Crippen LogP contribution in [0.3, 0.4) is 0 Å². The first kappa shape index (κ1) is 10.6. The molecule has 4 nitrogen and oxygen atoms in total. The van der Waals surface area contributed by atoms with E-state index in [2.05, 4.69) is 0 Å². The minimum atomic E-state index is -0.492. The van der Waals surface area contributed by atoms with E-state index >= 15 is 0 Å². The lowest BCUT2D eigenvalue weighted by atomic mass is 9.94. The highest BCUT2D eigenvalue weighted by Crippen LogP contribution is 2.23. The van der Waals surface area contributed by atoms with Gasteiger partial charge in [-0.15, -0.1) is 0 Å². The molecule has 0 aromatic rings. The average molecular weight is 196 g/mol. The van der Waals surface area contributed by atoms with Crippen LogP contribution in [-0.2, 0) is 19.1 Å². The van der Waals surface area contributed by atoms with Crippen molar-refractivity contribution >= 4 is 17.5 Å². The van der Waals surface area contributed by atoms with E-state index < -0.39 is 5.97 Å². The van der Waals surface area contributed by atoms with E-state index in [-0.39, 0.29) is 22.9 Å². The minimum absolute atomic E-state index is 0.0615. The van der Waals surface area contributed by atoms with Crippen LogP contribution < -0.4 is 0 Å². The average Bonchev–Trinajstić information content (AvgIpc) is 2.01. The Balaban J connectivity index is 3.03. The van der Waals surface area contributed by atoms with Crippen molar-refractivity contribution in [2.24, 2.45) is 0 Å². The zero-order valence-corrected chi connectivity index (χ0v) is 8.25. The van der Waals surface area contributed by atoms with E-state index in [0.717, 1.165) is 0 Å². The molecule has 0 heterocycles. The Kier molecular flexibility index (Phi) is 3.17. The van der Waals surface area contributed by atoms with E-state index in [1.54, 1.807) is 0 Å². The fourth-order valence-corrected chi connectivity index (χ4v) is 1.48. The first-order valence-electron chi connectivity index (χ1n) is 4.48. The number of rotatable bonds is 2. The van der Waals surface area contributed by atoms with Gasteiger partial charge in [-0.1, -0.05) is 0 Å². The number of hydrogen-bond donors (Lipinski definition) is 0. The van der Waals surface area contributed by atoms with Crippen LogP contribution in [0.1, 0.15) is 33.1 Å². The lowest BCUT2D eigenvalue weighted by Crippen LogP contribution is -2.19. The largest absolute Gasteiger partial charge is 0.430 e. The van der Waals surface area contributed by atoms with Crippen LogP contribution in [0.25, 0.3) is 0 Å². The van der Waals surface area contributed by atoms with E-state index in [1.807, 2.05) is 0 Å². The summed E-state index contributed by atoms with van der Waals surface area (Å²) in [4.78, 5) is 33.2. The summed E-state index contributed by atoms with van der Waals surface area (Å²) >= 11 is 0. The van der Waals surface area contributed by atoms with Gasteiger partial charge in [-0.3, -0.25) is 14.4 Å². The third kappa shape index (κ3) is 2.28. The van der Waals surface area contributed by atoms with Crippen molar-refractivity contribution < 1.29 is 19.1 Å². The number of esters is 1. The standard InChI is InChI=1S/C10H12O4/c1-6(11)10-8(13)4-3-5-9(10)14-7(2)12/h3-5H2,1-2H3. The Labute approximate surface area is 81.9 Å². The van der Waals surface area contributed by atoms with Gasteiger partial charge in [0, 0.05) is 19.8 Å². The number of ketones is 2. The lowest BCUT2D eigenvalue weighted by Gasteiger charge is -2.16. The van der Waals surface area contributed by atoms with Gasteiger partial charge in [-0.2, -0.15) is 0 Å². The number of carbonyl (C=O) groups is 3. The second kappa shape index (κ2) is 4.17. The van der Waals surface area contributed by atoms with Gasteiger partial charge in [0.05, 0.1) is 5.57 Å². The number of ether oxygens (including phenoxy) is 1. The van der Waals surface area contributed by atoms with Crippen LogP contribution in [-0.4, -0.2) is 17.5 Å². The SMILES string of the molecule is CC(=O)OC1=C(C(C)=O)C(=O)CCC1. The van der Waals surface area contributed by atoms with E-state index in [1.165, 1.54) is 13.8 Å². The number of allylic oxidation sites excluding steroid dienone is 2. The summed E-state index contributed by atoms with van der Waals surface area (Å²) < 4.78 is 4.83. The highest BCUT2D eigenvalue weighted by atomic mass is 16.5. The molecule has 1 aliphatic carbocycles. The summed E-state index contributed by atoms with van der Waals surface area (Å²) in [6.45, 7) is 2.56. The monoisotopic (exact) mass is 196 g/mol. The molecule has 0 spiro atoms. The van der Waals surface area contributed by atoms with Crippen LogP contribution >= 0.6 is 0 Å². The molecule has 0 atom stereocenters. The molecule has 0 aliphatic heterocycles. The van der Waals surface area contributed by atoms with Gasteiger partial charge in [-0.05, 0) is 13.3 Å². The zero-order chi connectivity index (χ0) is 10.7. The van der Waals surface area contributed by atoms with Gasteiger partial charge in [0.2, 0.25) is 0 Å². The third-order valence-electron chi connectivity index (χ3n) is 1.98. The van der Waals surface area contributed by atoms with Gasteiger partial charge in [0.1, 0.15) is 5.76 Å². The summed E-state index contributed by atoms with van der Waals surface area (Å²) in [6.07, 6.45) is 1.48.